The second-order valence-corrected chi connectivity index (χ2v) is 5.18. The summed E-state index contributed by atoms with van der Waals surface area (Å²) >= 11 is 0. The van der Waals surface area contributed by atoms with E-state index < -0.39 is 30.1 Å². The monoisotopic (exact) mass is 315 g/mol. The molecule has 1 fully saturated rings. The summed E-state index contributed by atoms with van der Waals surface area (Å²) < 4.78 is 10.9. The molecule has 4 atom stereocenters. The van der Waals surface area contributed by atoms with Gasteiger partial charge in [0.2, 0.25) is 0 Å². The van der Waals surface area contributed by atoms with Crippen LogP contribution in [0.5, 0.6) is 0 Å². The number of amides is 1. The Bertz CT molecular complexity index is 584. The maximum Gasteiger partial charge on any atom is 0.314 e. The Hall–Kier alpha value is -2.40. The maximum absolute atomic E-state index is 12.4. The van der Waals surface area contributed by atoms with Gasteiger partial charge in [0.1, 0.15) is 5.92 Å². The van der Waals surface area contributed by atoms with Crippen LogP contribution in [-0.2, 0) is 14.3 Å². The summed E-state index contributed by atoms with van der Waals surface area (Å²) in [6.45, 7) is 9.41. The van der Waals surface area contributed by atoms with Crippen LogP contribution >= 0.6 is 0 Å². The molecule has 0 unspecified atom stereocenters. The van der Waals surface area contributed by atoms with Crippen molar-refractivity contribution in [2.45, 2.75) is 25.2 Å². The van der Waals surface area contributed by atoms with Crippen LogP contribution in [-0.4, -0.2) is 36.7 Å². The SMILES string of the molecule is C=C[C@@H]1O[C@H](C=C)[C@@H](NC(=O)c2ccccc2)[C@@H]1C(=O)OCC. The zero-order chi connectivity index (χ0) is 16.8. The first-order valence-corrected chi connectivity index (χ1v) is 7.55. The summed E-state index contributed by atoms with van der Waals surface area (Å²) in [5.74, 6) is -1.34. The number of carbonyl (C=O) groups excluding carboxylic acids is 2. The largest absolute Gasteiger partial charge is 0.466 e. The van der Waals surface area contributed by atoms with Crippen molar-refractivity contribution in [2.24, 2.45) is 5.92 Å². The average Bonchev–Trinajstić information content (AvgIpc) is 2.93. The molecule has 1 aromatic rings. The van der Waals surface area contributed by atoms with Crippen molar-refractivity contribution in [3.05, 3.63) is 61.2 Å². The van der Waals surface area contributed by atoms with Crippen LogP contribution < -0.4 is 5.32 Å². The standard InChI is InChI=1S/C18H21NO4/c1-4-13-15(18(21)22-6-3)16(14(5-2)23-13)19-17(20)12-10-8-7-9-11-12/h4-5,7-11,13-16H,1-2,6H2,3H3,(H,19,20)/t13-,14+,15+,16+/m0/s1. The van der Waals surface area contributed by atoms with Gasteiger partial charge < -0.3 is 14.8 Å². The van der Waals surface area contributed by atoms with Crippen LogP contribution in [0.3, 0.4) is 0 Å². The van der Waals surface area contributed by atoms with Crippen molar-refractivity contribution in [3.63, 3.8) is 0 Å². The van der Waals surface area contributed by atoms with Gasteiger partial charge in [-0.3, -0.25) is 9.59 Å². The fraction of sp³-hybridized carbons (Fsp3) is 0.333. The number of hydrogen-bond acceptors (Lipinski definition) is 4. The quantitative estimate of drug-likeness (QED) is 0.645. The van der Waals surface area contributed by atoms with Gasteiger partial charge in [-0.25, -0.2) is 0 Å². The summed E-state index contributed by atoms with van der Waals surface area (Å²) in [7, 11) is 0. The molecule has 0 aliphatic carbocycles. The number of carbonyl (C=O) groups is 2. The van der Waals surface area contributed by atoms with E-state index in [1.54, 1.807) is 43.3 Å². The first kappa shape index (κ1) is 17.0. The Morgan fingerprint density at radius 2 is 1.87 bits per heavy atom. The summed E-state index contributed by atoms with van der Waals surface area (Å²) in [5, 5.41) is 2.87. The number of ether oxygens (including phenoxy) is 2. The number of nitrogens with one attached hydrogen (secondary N) is 1. The molecule has 5 nitrogen and oxygen atoms in total. The van der Waals surface area contributed by atoms with Crippen LogP contribution in [0, 0.1) is 5.92 Å². The molecule has 122 valence electrons. The van der Waals surface area contributed by atoms with Crippen molar-refractivity contribution < 1.29 is 19.1 Å². The number of esters is 1. The maximum atomic E-state index is 12.4. The topological polar surface area (TPSA) is 64.6 Å². The van der Waals surface area contributed by atoms with Crippen molar-refractivity contribution in [2.75, 3.05) is 6.61 Å². The molecule has 0 bridgehead atoms. The molecule has 0 spiro atoms. The van der Waals surface area contributed by atoms with E-state index in [0.717, 1.165) is 0 Å². The van der Waals surface area contributed by atoms with E-state index in [1.807, 2.05) is 6.07 Å². The second-order valence-electron chi connectivity index (χ2n) is 5.18. The lowest BCUT2D eigenvalue weighted by Gasteiger charge is -2.22. The molecule has 1 amide bonds. The molecule has 0 aromatic heterocycles. The molecular formula is C18H21NO4. The third kappa shape index (κ3) is 3.68. The molecule has 1 heterocycles. The molecule has 1 aliphatic rings. The molecule has 0 radical (unpaired) electrons. The molecule has 2 rings (SSSR count). The number of benzene rings is 1. The third-order valence-corrected chi connectivity index (χ3v) is 3.77. The molecule has 1 aromatic carbocycles. The Morgan fingerprint density at radius 1 is 1.22 bits per heavy atom. The average molecular weight is 315 g/mol. The Kier molecular flexibility index (Phi) is 5.71. The van der Waals surface area contributed by atoms with Gasteiger partial charge in [-0.2, -0.15) is 0 Å². The van der Waals surface area contributed by atoms with Crippen molar-refractivity contribution in [1.29, 1.82) is 0 Å². The lowest BCUT2D eigenvalue weighted by atomic mass is 9.93. The third-order valence-electron chi connectivity index (χ3n) is 3.77. The minimum Gasteiger partial charge on any atom is -0.466 e. The lowest BCUT2D eigenvalue weighted by molar-refractivity contribution is -0.149. The van der Waals surface area contributed by atoms with Gasteiger partial charge in [-0.05, 0) is 19.1 Å². The van der Waals surface area contributed by atoms with Gasteiger partial charge in [0, 0.05) is 5.56 Å². The van der Waals surface area contributed by atoms with Crippen LogP contribution in [0.2, 0.25) is 0 Å². The first-order chi connectivity index (χ1) is 11.1. The summed E-state index contributed by atoms with van der Waals surface area (Å²) in [6, 6.07) is 8.25. The van der Waals surface area contributed by atoms with Gasteiger partial charge in [-0.1, -0.05) is 30.4 Å². The molecule has 5 heteroatoms. The Labute approximate surface area is 136 Å². The van der Waals surface area contributed by atoms with E-state index in [9.17, 15) is 9.59 Å². The van der Waals surface area contributed by atoms with E-state index >= 15 is 0 Å². The Morgan fingerprint density at radius 3 is 2.43 bits per heavy atom. The normalized spacial score (nSPS) is 26.3. The zero-order valence-electron chi connectivity index (χ0n) is 13.1. The molecule has 1 N–H and O–H groups in total. The van der Waals surface area contributed by atoms with Gasteiger partial charge in [0.25, 0.3) is 5.91 Å². The van der Waals surface area contributed by atoms with E-state index in [1.165, 1.54) is 0 Å². The van der Waals surface area contributed by atoms with Crippen LogP contribution in [0.15, 0.2) is 55.6 Å². The molecular weight excluding hydrogens is 294 g/mol. The minimum atomic E-state index is -0.650. The van der Waals surface area contributed by atoms with Crippen LogP contribution in [0.1, 0.15) is 17.3 Å². The Balaban J connectivity index is 2.23. The van der Waals surface area contributed by atoms with E-state index in [2.05, 4.69) is 18.5 Å². The fourth-order valence-electron chi connectivity index (χ4n) is 2.68. The van der Waals surface area contributed by atoms with Gasteiger partial charge >= 0.3 is 5.97 Å². The fourth-order valence-corrected chi connectivity index (χ4v) is 2.68. The second kappa shape index (κ2) is 7.74. The van der Waals surface area contributed by atoms with E-state index in [4.69, 9.17) is 9.47 Å². The molecule has 1 saturated heterocycles. The van der Waals surface area contributed by atoms with Crippen molar-refractivity contribution >= 4 is 11.9 Å². The summed E-state index contributed by atoms with van der Waals surface area (Å²) in [6.07, 6.45) is 2.11. The molecule has 1 aliphatic heterocycles. The van der Waals surface area contributed by atoms with Crippen LogP contribution in [0.4, 0.5) is 0 Å². The number of rotatable bonds is 6. The molecule has 0 saturated carbocycles. The molecule has 23 heavy (non-hydrogen) atoms. The summed E-state index contributed by atoms with van der Waals surface area (Å²) in [5.41, 5.74) is 0.514. The van der Waals surface area contributed by atoms with Crippen molar-refractivity contribution in [1.82, 2.24) is 5.32 Å². The summed E-state index contributed by atoms with van der Waals surface area (Å²) in [4.78, 5) is 24.7. The van der Waals surface area contributed by atoms with Gasteiger partial charge in [0.05, 0.1) is 24.9 Å². The highest BCUT2D eigenvalue weighted by Gasteiger charge is 2.47. The first-order valence-electron chi connectivity index (χ1n) is 7.55. The highest BCUT2D eigenvalue weighted by Crippen LogP contribution is 2.30. The predicted molar refractivity (Wildman–Crippen MR) is 86.9 cm³/mol. The van der Waals surface area contributed by atoms with Crippen molar-refractivity contribution in [3.8, 4) is 0 Å². The van der Waals surface area contributed by atoms with E-state index in [0.29, 0.717) is 5.56 Å². The smallest absolute Gasteiger partial charge is 0.314 e. The highest BCUT2D eigenvalue weighted by atomic mass is 16.5. The van der Waals surface area contributed by atoms with Gasteiger partial charge in [-0.15, -0.1) is 13.2 Å². The van der Waals surface area contributed by atoms with Crippen LogP contribution in [0.25, 0.3) is 0 Å². The zero-order valence-corrected chi connectivity index (χ0v) is 13.1. The highest BCUT2D eigenvalue weighted by molar-refractivity contribution is 5.94. The number of hydrogen-bond donors (Lipinski definition) is 1. The lowest BCUT2D eigenvalue weighted by Crippen LogP contribution is -2.47. The van der Waals surface area contributed by atoms with E-state index in [-0.39, 0.29) is 12.5 Å². The minimum absolute atomic E-state index is 0.261. The predicted octanol–water partition coefficient (Wildman–Crippen LogP) is 2.10. The van der Waals surface area contributed by atoms with Gasteiger partial charge in [0.15, 0.2) is 0 Å².